The first-order chi connectivity index (χ1) is 11.2. The van der Waals surface area contributed by atoms with Gasteiger partial charge in [0.15, 0.2) is 0 Å². The van der Waals surface area contributed by atoms with Crippen molar-refractivity contribution < 1.29 is 9.53 Å². The summed E-state index contributed by atoms with van der Waals surface area (Å²) in [6, 6.07) is 16.5. The summed E-state index contributed by atoms with van der Waals surface area (Å²) >= 11 is 1.41. The molecule has 1 aliphatic rings. The van der Waals surface area contributed by atoms with E-state index in [1.165, 1.54) is 27.7 Å². The highest BCUT2D eigenvalue weighted by atomic mass is 32.1. The fourth-order valence-electron chi connectivity index (χ4n) is 3.13. The summed E-state index contributed by atoms with van der Waals surface area (Å²) in [6.07, 6.45) is 1.95. The molecule has 4 heteroatoms. The van der Waals surface area contributed by atoms with Crippen molar-refractivity contribution in [3.05, 3.63) is 64.4 Å². The summed E-state index contributed by atoms with van der Waals surface area (Å²) in [5.74, 6) is 0.587. The standard InChI is InChI=1S/C19H17NO2S/c1-22-16-9-12-23-17(16)18(21)20-19(10-11-19)15-8-4-6-13-5-2-3-7-14(13)15/h2-9,12H,10-11H2,1H3,(H,20,21). The van der Waals surface area contributed by atoms with Crippen LogP contribution in [0.4, 0.5) is 0 Å². The first kappa shape index (κ1) is 14.3. The van der Waals surface area contributed by atoms with Gasteiger partial charge in [-0.05, 0) is 40.6 Å². The lowest BCUT2D eigenvalue weighted by Crippen LogP contribution is -2.34. The third kappa shape index (κ3) is 2.39. The van der Waals surface area contributed by atoms with E-state index < -0.39 is 0 Å². The van der Waals surface area contributed by atoms with Gasteiger partial charge in [0, 0.05) is 0 Å². The van der Waals surface area contributed by atoms with Crippen molar-refractivity contribution in [1.82, 2.24) is 5.32 Å². The van der Waals surface area contributed by atoms with Gasteiger partial charge in [0.25, 0.3) is 5.91 Å². The molecule has 116 valence electrons. The van der Waals surface area contributed by atoms with E-state index in [1.54, 1.807) is 7.11 Å². The van der Waals surface area contributed by atoms with Gasteiger partial charge in [-0.1, -0.05) is 42.5 Å². The zero-order valence-corrected chi connectivity index (χ0v) is 13.7. The number of carbonyl (C=O) groups is 1. The van der Waals surface area contributed by atoms with Crippen LogP contribution in [0.3, 0.4) is 0 Å². The molecule has 1 saturated carbocycles. The number of methoxy groups -OCH3 is 1. The van der Waals surface area contributed by atoms with E-state index in [0.717, 1.165) is 12.8 Å². The lowest BCUT2D eigenvalue weighted by Gasteiger charge is -2.20. The first-order valence-electron chi connectivity index (χ1n) is 7.66. The van der Waals surface area contributed by atoms with Crippen LogP contribution in [0.2, 0.25) is 0 Å². The van der Waals surface area contributed by atoms with Crippen LogP contribution in [0, 0.1) is 0 Å². The highest BCUT2D eigenvalue weighted by molar-refractivity contribution is 7.12. The third-order valence-electron chi connectivity index (χ3n) is 4.46. The van der Waals surface area contributed by atoms with E-state index in [4.69, 9.17) is 4.74 Å². The number of carbonyl (C=O) groups excluding carboxylic acids is 1. The third-order valence-corrected chi connectivity index (χ3v) is 5.36. The summed E-state index contributed by atoms with van der Waals surface area (Å²) < 4.78 is 5.27. The Kier molecular flexibility index (Phi) is 3.34. The van der Waals surface area contributed by atoms with Crippen molar-refractivity contribution in [2.45, 2.75) is 18.4 Å². The topological polar surface area (TPSA) is 38.3 Å². The minimum absolute atomic E-state index is 0.0534. The predicted molar refractivity (Wildman–Crippen MR) is 93.2 cm³/mol. The largest absolute Gasteiger partial charge is 0.495 e. The minimum atomic E-state index is -0.243. The maximum absolute atomic E-state index is 12.7. The highest BCUT2D eigenvalue weighted by Gasteiger charge is 2.47. The second-order valence-corrected chi connectivity index (χ2v) is 6.80. The van der Waals surface area contributed by atoms with Crippen molar-refractivity contribution in [3.8, 4) is 5.75 Å². The number of fused-ring (bicyclic) bond motifs is 1. The minimum Gasteiger partial charge on any atom is -0.495 e. The van der Waals surface area contributed by atoms with Crippen LogP contribution < -0.4 is 10.1 Å². The van der Waals surface area contributed by atoms with Gasteiger partial charge < -0.3 is 10.1 Å². The number of hydrogen-bond donors (Lipinski definition) is 1. The van der Waals surface area contributed by atoms with Gasteiger partial charge in [-0.15, -0.1) is 11.3 Å². The maximum Gasteiger partial charge on any atom is 0.265 e. The van der Waals surface area contributed by atoms with Crippen LogP contribution >= 0.6 is 11.3 Å². The van der Waals surface area contributed by atoms with Crippen molar-refractivity contribution in [2.75, 3.05) is 7.11 Å². The number of nitrogens with one attached hydrogen (secondary N) is 1. The van der Waals surface area contributed by atoms with Crippen LogP contribution in [-0.2, 0) is 5.54 Å². The second-order valence-electron chi connectivity index (χ2n) is 5.88. The molecule has 23 heavy (non-hydrogen) atoms. The molecule has 4 rings (SSSR count). The van der Waals surface area contributed by atoms with Gasteiger partial charge >= 0.3 is 0 Å². The molecule has 0 aliphatic heterocycles. The second kappa shape index (κ2) is 5.39. The summed E-state index contributed by atoms with van der Waals surface area (Å²) in [7, 11) is 1.59. The molecule has 2 aromatic carbocycles. The zero-order valence-electron chi connectivity index (χ0n) is 12.8. The highest BCUT2D eigenvalue weighted by Crippen LogP contribution is 2.48. The Morgan fingerprint density at radius 2 is 1.91 bits per heavy atom. The monoisotopic (exact) mass is 323 g/mol. The smallest absolute Gasteiger partial charge is 0.265 e. The van der Waals surface area contributed by atoms with E-state index >= 15 is 0 Å². The lowest BCUT2D eigenvalue weighted by molar-refractivity contribution is 0.0932. The molecule has 1 N–H and O–H groups in total. The Morgan fingerprint density at radius 3 is 2.70 bits per heavy atom. The molecule has 0 unspecified atom stereocenters. The molecule has 1 aromatic heterocycles. The predicted octanol–water partition coefficient (Wildman–Crippen LogP) is 4.33. The van der Waals surface area contributed by atoms with Gasteiger partial charge in [-0.2, -0.15) is 0 Å². The molecule has 0 saturated heterocycles. The van der Waals surface area contributed by atoms with Gasteiger partial charge in [0.1, 0.15) is 10.6 Å². The molecular weight excluding hydrogens is 306 g/mol. The van der Waals surface area contributed by atoms with Gasteiger partial charge in [-0.25, -0.2) is 0 Å². The average molecular weight is 323 g/mol. The Labute approximate surface area is 138 Å². The molecule has 0 spiro atoms. The molecule has 1 fully saturated rings. The van der Waals surface area contributed by atoms with Crippen molar-refractivity contribution in [3.63, 3.8) is 0 Å². The van der Waals surface area contributed by atoms with Crippen molar-refractivity contribution in [1.29, 1.82) is 0 Å². The summed E-state index contributed by atoms with van der Waals surface area (Å²) in [5.41, 5.74) is 0.965. The van der Waals surface area contributed by atoms with Crippen molar-refractivity contribution >= 4 is 28.0 Å². The Morgan fingerprint density at radius 1 is 1.13 bits per heavy atom. The quantitative estimate of drug-likeness (QED) is 0.776. The average Bonchev–Trinajstić information content (AvgIpc) is 3.19. The molecule has 3 aromatic rings. The summed E-state index contributed by atoms with van der Waals surface area (Å²) in [5, 5.41) is 7.55. The van der Waals surface area contributed by atoms with E-state index in [1.807, 2.05) is 23.6 Å². The zero-order chi connectivity index (χ0) is 15.9. The molecule has 3 nitrogen and oxygen atoms in total. The maximum atomic E-state index is 12.7. The van der Waals surface area contributed by atoms with Gasteiger partial charge in [0.05, 0.1) is 12.6 Å². The van der Waals surface area contributed by atoms with Crippen LogP contribution in [0.25, 0.3) is 10.8 Å². The van der Waals surface area contributed by atoms with Crippen LogP contribution in [0.5, 0.6) is 5.75 Å². The SMILES string of the molecule is COc1ccsc1C(=O)NC1(c2cccc3ccccc23)CC1. The Bertz CT molecular complexity index is 874. The Hall–Kier alpha value is -2.33. The lowest BCUT2D eigenvalue weighted by atomic mass is 9.97. The van der Waals surface area contributed by atoms with E-state index in [2.05, 4.69) is 35.6 Å². The molecule has 1 aliphatic carbocycles. The van der Waals surface area contributed by atoms with Crippen LogP contribution in [0.15, 0.2) is 53.9 Å². The fraction of sp³-hybridized carbons (Fsp3) is 0.211. The number of ether oxygens (including phenoxy) is 1. The van der Waals surface area contributed by atoms with E-state index in [-0.39, 0.29) is 11.4 Å². The van der Waals surface area contributed by atoms with Crippen LogP contribution in [-0.4, -0.2) is 13.0 Å². The molecule has 0 radical (unpaired) electrons. The fourth-order valence-corrected chi connectivity index (χ4v) is 3.88. The molecular formula is C19H17NO2S. The normalized spacial score (nSPS) is 15.3. The number of benzene rings is 2. The molecule has 0 bridgehead atoms. The van der Waals surface area contributed by atoms with E-state index in [9.17, 15) is 4.79 Å². The number of amides is 1. The van der Waals surface area contributed by atoms with Gasteiger partial charge in [-0.3, -0.25) is 4.79 Å². The van der Waals surface area contributed by atoms with Gasteiger partial charge in [0.2, 0.25) is 0 Å². The molecule has 0 atom stereocenters. The number of rotatable bonds is 4. The number of hydrogen-bond acceptors (Lipinski definition) is 3. The van der Waals surface area contributed by atoms with Crippen LogP contribution in [0.1, 0.15) is 28.1 Å². The molecule has 1 amide bonds. The van der Waals surface area contributed by atoms with Crippen molar-refractivity contribution in [2.24, 2.45) is 0 Å². The summed E-state index contributed by atoms with van der Waals surface area (Å²) in [4.78, 5) is 13.3. The number of thiophene rings is 1. The summed E-state index contributed by atoms with van der Waals surface area (Å²) in [6.45, 7) is 0. The van der Waals surface area contributed by atoms with E-state index in [0.29, 0.717) is 10.6 Å². The molecule has 1 heterocycles. The Balaban J connectivity index is 1.70. The first-order valence-corrected chi connectivity index (χ1v) is 8.54.